The van der Waals surface area contributed by atoms with Crippen molar-refractivity contribution in [1.29, 1.82) is 0 Å². The number of anilines is 1. The van der Waals surface area contributed by atoms with Crippen molar-refractivity contribution in [3.05, 3.63) is 63.7 Å². The van der Waals surface area contributed by atoms with E-state index < -0.39 is 34.3 Å². The van der Waals surface area contributed by atoms with E-state index in [1.807, 2.05) is 18.2 Å². The normalized spacial score (nSPS) is 16.9. The Labute approximate surface area is 164 Å². The fourth-order valence-corrected chi connectivity index (χ4v) is 3.07. The van der Waals surface area contributed by atoms with Gasteiger partial charge in [0.2, 0.25) is 5.91 Å². The van der Waals surface area contributed by atoms with Crippen molar-refractivity contribution < 1.29 is 27.6 Å². The van der Waals surface area contributed by atoms with Gasteiger partial charge in [-0.25, -0.2) is 0 Å². The summed E-state index contributed by atoms with van der Waals surface area (Å²) in [6.07, 6.45) is -4.15. The van der Waals surface area contributed by atoms with Crippen molar-refractivity contribution in [2.75, 3.05) is 11.9 Å². The number of nitro groups is 1. The molecule has 10 heteroatoms. The van der Waals surface area contributed by atoms with Crippen molar-refractivity contribution in [2.45, 2.75) is 31.6 Å². The first-order valence-corrected chi connectivity index (χ1v) is 8.81. The lowest BCUT2D eigenvalue weighted by Gasteiger charge is -2.28. The number of alkyl halides is 3. The largest absolute Gasteiger partial charge is 0.493 e. The molecule has 0 unspecified atom stereocenters. The molecule has 7 nitrogen and oxygen atoms in total. The van der Waals surface area contributed by atoms with Gasteiger partial charge >= 0.3 is 6.18 Å². The average molecular weight is 409 g/mol. The lowest BCUT2D eigenvalue weighted by Crippen LogP contribution is -2.41. The predicted molar refractivity (Wildman–Crippen MR) is 98.6 cm³/mol. The third kappa shape index (κ3) is 4.58. The highest BCUT2D eigenvalue weighted by Crippen LogP contribution is 2.35. The number of para-hydroxylation sites is 1. The first kappa shape index (κ1) is 20.4. The number of nitro benzene ring substituents is 1. The van der Waals surface area contributed by atoms with Crippen molar-refractivity contribution in [3.63, 3.8) is 0 Å². The van der Waals surface area contributed by atoms with Gasteiger partial charge < -0.3 is 15.4 Å². The number of hydrogen-bond donors (Lipinski definition) is 2. The molecule has 0 aliphatic carbocycles. The molecule has 0 spiro atoms. The number of amides is 1. The molecule has 1 aliphatic heterocycles. The fourth-order valence-electron chi connectivity index (χ4n) is 3.07. The second-order valence-corrected chi connectivity index (χ2v) is 6.59. The van der Waals surface area contributed by atoms with Gasteiger partial charge in [-0.15, -0.1) is 0 Å². The Morgan fingerprint density at radius 1 is 1.28 bits per heavy atom. The van der Waals surface area contributed by atoms with E-state index in [0.717, 1.165) is 17.7 Å². The molecule has 0 aromatic heterocycles. The lowest BCUT2D eigenvalue weighted by molar-refractivity contribution is -0.384. The van der Waals surface area contributed by atoms with Crippen LogP contribution in [0.5, 0.6) is 5.75 Å². The third-order valence-electron chi connectivity index (χ3n) is 4.56. The smallest absolute Gasteiger partial charge is 0.416 e. The van der Waals surface area contributed by atoms with E-state index in [1.54, 1.807) is 6.07 Å². The molecular weight excluding hydrogens is 391 g/mol. The van der Waals surface area contributed by atoms with E-state index in [2.05, 4.69) is 10.6 Å². The topological polar surface area (TPSA) is 93.5 Å². The molecule has 1 heterocycles. The molecule has 2 aromatic carbocycles. The highest BCUT2D eigenvalue weighted by molar-refractivity contribution is 5.85. The summed E-state index contributed by atoms with van der Waals surface area (Å²) in [5.74, 6) is 0.226. The van der Waals surface area contributed by atoms with E-state index in [-0.39, 0.29) is 11.7 Å². The van der Waals surface area contributed by atoms with Crippen LogP contribution in [0.25, 0.3) is 0 Å². The zero-order valence-electron chi connectivity index (χ0n) is 15.3. The summed E-state index contributed by atoms with van der Waals surface area (Å²) in [5, 5.41) is 16.7. The summed E-state index contributed by atoms with van der Waals surface area (Å²) in [7, 11) is 0. The first-order chi connectivity index (χ1) is 13.7. The van der Waals surface area contributed by atoms with Gasteiger partial charge in [0.1, 0.15) is 17.5 Å². The summed E-state index contributed by atoms with van der Waals surface area (Å²) in [6, 6.07) is 8.18. The van der Waals surface area contributed by atoms with Crippen molar-refractivity contribution in [1.82, 2.24) is 5.32 Å². The van der Waals surface area contributed by atoms with Gasteiger partial charge in [0.25, 0.3) is 5.69 Å². The maximum atomic E-state index is 12.8. The Hall–Kier alpha value is -3.30. The highest BCUT2D eigenvalue weighted by Gasteiger charge is 2.33. The van der Waals surface area contributed by atoms with Crippen LogP contribution in [0, 0.1) is 10.1 Å². The summed E-state index contributed by atoms with van der Waals surface area (Å²) < 4.78 is 44.0. The molecule has 154 valence electrons. The Balaban J connectivity index is 1.74. The number of fused-ring (bicyclic) bond motifs is 1. The van der Waals surface area contributed by atoms with Crippen molar-refractivity contribution >= 4 is 17.3 Å². The zero-order valence-corrected chi connectivity index (χ0v) is 15.3. The number of benzene rings is 2. The van der Waals surface area contributed by atoms with Crippen LogP contribution < -0.4 is 15.4 Å². The number of carbonyl (C=O) groups excluding carboxylic acids is 1. The third-order valence-corrected chi connectivity index (χ3v) is 4.56. The Kier molecular flexibility index (Phi) is 5.62. The summed E-state index contributed by atoms with van der Waals surface area (Å²) in [5.41, 5.74) is -1.24. The lowest BCUT2D eigenvalue weighted by atomic mass is 10.0. The quantitative estimate of drug-likeness (QED) is 0.574. The fraction of sp³-hybridized carbons (Fsp3) is 0.316. The molecule has 1 amide bonds. The molecule has 2 aromatic rings. The molecule has 0 saturated heterocycles. The van der Waals surface area contributed by atoms with Gasteiger partial charge in [-0.05, 0) is 25.1 Å². The van der Waals surface area contributed by atoms with E-state index in [0.29, 0.717) is 24.8 Å². The van der Waals surface area contributed by atoms with Gasteiger partial charge in [-0.3, -0.25) is 14.9 Å². The molecule has 0 fully saturated rings. The van der Waals surface area contributed by atoms with Crippen LogP contribution in [0.15, 0.2) is 42.5 Å². The van der Waals surface area contributed by atoms with Gasteiger partial charge in [0.15, 0.2) is 0 Å². The number of ether oxygens (including phenoxy) is 1. The standard InChI is InChI=1S/C19H18F3N3O4/c1-11(18(26)24-14-8-9-29-17-5-3-2-4-13(14)17)23-15-7-6-12(19(20,21)22)10-16(15)25(27)28/h2-7,10-11,14,23H,8-9H2,1H3,(H,24,26)/t11-,14-/m0/s1. The van der Waals surface area contributed by atoms with Gasteiger partial charge in [0, 0.05) is 18.1 Å². The number of nitrogens with one attached hydrogen (secondary N) is 2. The Bertz CT molecular complexity index is 933. The minimum atomic E-state index is -4.71. The minimum absolute atomic E-state index is 0.168. The predicted octanol–water partition coefficient (Wildman–Crippen LogP) is 4.05. The molecule has 0 saturated carbocycles. The number of carbonyl (C=O) groups is 1. The van der Waals surface area contributed by atoms with Crippen LogP contribution in [-0.4, -0.2) is 23.5 Å². The van der Waals surface area contributed by atoms with Crippen LogP contribution >= 0.6 is 0 Å². The van der Waals surface area contributed by atoms with Gasteiger partial charge in [0.05, 0.1) is 23.1 Å². The van der Waals surface area contributed by atoms with Crippen LogP contribution in [0.3, 0.4) is 0 Å². The van der Waals surface area contributed by atoms with Crippen LogP contribution in [0.1, 0.15) is 30.5 Å². The Morgan fingerprint density at radius 2 is 2.00 bits per heavy atom. The number of hydrogen-bond acceptors (Lipinski definition) is 5. The highest BCUT2D eigenvalue weighted by atomic mass is 19.4. The van der Waals surface area contributed by atoms with E-state index >= 15 is 0 Å². The van der Waals surface area contributed by atoms with E-state index in [4.69, 9.17) is 4.74 Å². The molecule has 0 bridgehead atoms. The molecule has 2 atom stereocenters. The zero-order chi connectivity index (χ0) is 21.2. The maximum Gasteiger partial charge on any atom is 0.416 e. The molecular formula is C19H18F3N3O4. The molecule has 1 aliphatic rings. The monoisotopic (exact) mass is 409 g/mol. The van der Waals surface area contributed by atoms with Crippen molar-refractivity contribution in [3.8, 4) is 5.75 Å². The van der Waals surface area contributed by atoms with Gasteiger partial charge in [-0.1, -0.05) is 18.2 Å². The number of halogens is 3. The summed E-state index contributed by atoms with van der Waals surface area (Å²) >= 11 is 0. The van der Waals surface area contributed by atoms with Crippen LogP contribution in [0.2, 0.25) is 0 Å². The molecule has 0 radical (unpaired) electrons. The summed E-state index contributed by atoms with van der Waals surface area (Å²) in [6.45, 7) is 1.90. The Morgan fingerprint density at radius 3 is 2.69 bits per heavy atom. The molecule has 29 heavy (non-hydrogen) atoms. The maximum absolute atomic E-state index is 12.8. The van der Waals surface area contributed by atoms with Crippen molar-refractivity contribution in [2.24, 2.45) is 0 Å². The van der Waals surface area contributed by atoms with Crippen LogP contribution in [0.4, 0.5) is 24.5 Å². The first-order valence-electron chi connectivity index (χ1n) is 8.81. The van der Waals surface area contributed by atoms with Crippen LogP contribution in [-0.2, 0) is 11.0 Å². The number of nitrogens with zero attached hydrogens (tertiary/aromatic N) is 1. The SMILES string of the molecule is C[C@H](Nc1ccc(C(F)(F)F)cc1[N+](=O)[O-])C(=O)N[C@H]1CCOc2ccccc21. The average Bonchev–Trinajstić information content (AvgIpc) is 2.67. The second kappa shape index (κ2) is 7.98. The molecule has 2 N–H and O–H groups in total. The van der Waals surface area contributed by atoms with E-state index in [9.17, 15) is 28.1 Å². The van der Waals surface area contributed by atoms with E-state index in [1.165, 1.54) is 6.92 Å². The number of rotatable bonds is 5. The minimum Gasteiger partial charge on any atom is -0.493 e. The second-order valence-electron chi connectivity index (χ2n) is 6.59. The summed E-state index contributed by atoms with van der Waals surface area (Å²) in [4.78, 5) is 22.8. The van der Waals surface area contributed by atoms with Gasteiger partial charge in [-0.2, -0.15) is 13.2 Å². The molecule has 3 rings (SSSR count).